The fourth-order valence-corrected chi connectivity index (χ4v) is 5.48. The molecule has 1 spiro atoms. The van der Waals surface area contributed by atoms with Crippen LogP contribution in [-0.4, -0.2) is 45.7 Å². The molecule has 1 atom stereocenters. The monoisotopic (exact) mass is 507 g/mol. The van der Waals surface area contributed by atoms with Gasteiger partial charge in [-0.1, -0.05) is 50.5 Å². The molecular weight excluding hydrogens is 473 g/mol. The van der Waals surface area contributed by atoms with Gasteiger partial charge in [0.25, 0.3) is 11.8 Å². The second kappa shape index (κ2) is 11.7. The topological polar surface area (TPSA) is 99.1 Å². The molecule has 2 N–H and O–H groups in total. The van der Waals surface area contributed by atoms with E-state index in [0.717, 1.165) is 56.9 Å². The van der Waals surface area contributed by atoms with Crippen LogP contribution in [0.1, 0.15) is 92.2 Å². The maximum absolute atomic E-state index is 14.1. The molecule has 2 aliphatic rings. The highest BCUT2D eigenvalue weighted by atomic mass is 19.1. The van der Waals surface area contributed by atoms with E-state index in [9.17, 15) is 18.8 Å². The van der Waals surface area contributed by atoms with E-state index >= 15 is 0 Å². The van der Waals surface area contributed by atoms with Gasteiger partial charge in [-0.3, -0.25) is 19.4 Å². The average Bonchev–Trinajstić information content (AvgIpc) is 3.00. The van der Waals surface area contributed by atoms with Gasteiger partial charge in [0, 0.05) is 17.7 Å². The van der Waals surface area contributed by atoms with E-state index in [-0.39, 0.29) is 30.8 Å². The Morgan fingerprint density at radius 2 is 1.81 bits per heavy atom. The van der Waals surface area contributed by atoms with Gasteiger partial charge in [-0.15, -0.1) is 0 Å². The fourth-order valence-electron chi connectivity index (χ4n) is 5.48. The molecule has 37 heavy (non-hydrogen) atoms. The zero-order valence-corrected chi connectivity index (χ0v) is 21.2. The summed E-state index contributed by atoms with van der Waals surface area (Å²) in [6.45, 7) is 2.13. The summed E-state index contributed by atoms with van der Waals surface area (Å²) in [4.78, 5) is 44.1. The third-order valence-corrected chi connectivity index (χ3v) is 7.25. The van der Waals surface area contributed by atoms with Crippen LogP contribution in [0.15, 0.2) is 53.5 Å². The number of carboxylic acids is 1. The van der Waals surface area contributed by atoms with Crippen molar-refractivity contribution in [1.82, 2.24) is 10.2 Å². The van der Waals surface area contributed by atoms with Crippen molar-refractivity contribution in [2.75, 3.05) is 6.54 Å². The number of nitrogens with zero attached hydrogens (tertiary/aromatic N) is 2. The van der Waals surface area contributed by atoms with Crippen LogP contribution in [0, 0.1) is 5.82 Å². The minimum absolute atomic E-state index is 0.0549. The number of hydrogen-bond acceptors (Lipinski definition) is 4. The molecule has 0 radical (unpaired) electrons. The number of carbonyl (C=O) groups is 3. The number of benzene rings is 2. The molecule has 0 bridgehead atoms. The van der Waals surface area contributed by atoms with Crippen LogP contribution in [0.25, 0.3) is 0 Å². The summed E-state index contributed by atoms with van der Waals surface area (Å²) in [7, 11) is 0. The Labute approximate surface area is 216 Å². The zero-order chi connectivity index (χ0) is 26.4. The van der Waals surface area contributed by atoms with E-state index in [4.69, 9.17) is 10.1 Å². The molecular formula is C29H34FN3O4. The molecule has 1 fully saturated rings. The van der Waals surface area contributed by atoms with Crippen LogP contribution in [0.3, 0.4) is 0 Å². The molecule has 2 aromatic rings. The number of aliphatic imine (C=N–C) groups is 1. The van der Waals surface area contributed by atoms with E-state index in [2.05, 4.69) is 12.2 Å². The van der Waals surface area contributed by atoms with Crippen molar-refractivity contribution in [3.8, 4) is 0 Å². The number of halogens is 1. The lowest BCUT2D eigenvalue weighted by atomic mass is 9.92. The average molecular weight is 508 g/mol. The SMILES string of the molecule is CCCC(c1ccc(C(=O)NCCC(=O)O)cc1)N1C(=O)C(c2cccc(F)c2)=NC12CCCCCC2. The highest BCUT2D eigenvalue weighted by Crippen LogP contribution is 2.45. The number of carbonyl (C=O) groups excluding carboxylic acids is 2. The highest BCUT2D eigenvalue weighted by molar-refractivity contribution is 6.46. The normalized spacial score (nSPS) is 17.8. The van der Waals surface area contributed by atoms with Gasteiger partial charge >= 0.3 is 5.97 Å². The Morgan fingerprint density at radius 3 is 2.43 bits per heavy atom. The summed E-state index contributed by atoms with van der Waals surface area (Å²) in [5.74, 6) is -1.89. The first-order valence-corrected chi connectivity index (χ1v) is 13.1. The smallest absolute Gasteiger partial charge is 0.305 e. The second-order valence-corrected chi connectivity index (χ2v) is 9.87. The molecule has 1 aliphatic carbocycles. The van der Waals surface area contributed by atoms with Crippen molar-refractivity contribution in [2.24, 2.45) is 4.99 Å². The first kappa shape index (κ1) is 26.5. The van der Waals surface area contributed by atoms with E-state index in [0.29, 0.717) is 16.8 Å². The summed E-state index contributed by atoms with van der Waals surface area (Å²) in [5, 5.41) is 11.4. The Kier molecular flexibility index (Phi) is 8.36. The van der Waals surface area contributed by atoms with Crippen LogP contribution >= 0.6 is 0 Å². The van der Waals surface area contributed by atoms with Crippen molar-refractivity contribution in [2.45, 2.75) is 76.4 Å². The van der Waals surface area contributed by atoms with Gasteiger partial charge in [-0.2, -0.15) is 0 Å². The second-order valence-electron chi connectivity index (χ2n) is 9.87. The summed E-state index contributed by atoms with van der Waals surface area (Å²) in [6.07, 6.45) is 7.09. The van der Waals surface area contributed by atoms with Crippen LogP contribution in [0.5, 0.6) is 0 Å². The quantitative estimate of drug-likeness (QED) is 0.484. The van der Waals surface area contributed by atoms with Crippen LogP contribution in [0.4, 0.5) is 4.39 Å². The highest BCUT2D eigenvalue weighted by Gasteiger charge is 2.50. The number of amides is 2. The molecule has 7 nitrogen and oxygen atoms in total. The number of carboxylic acid groups (broad SMARTS) is 1. The maximum atomic E-state index is 14.1. The fraction of sp³-hybridized carbons (Fsp3) is 0.448. The van der Waals surface area contributed by atoms with Gasteiger partial charge in [-0.25, -0.2) is 4.39 Å². The van der Waals surface area contributed by atoms with E-state index < -0.39 is 17.4 Å². The number of nitrogens with one attached hydrogen (secondary N) is 1. The molecule has 196 valence electrons. The van der Waals surface area contributed by atoms with Crippen LogP contribution in [0.2, 0.25) is 0 Å². The minimum atomic E-state index is -0.972. The Morgan fingerprint density at radius 1 is 1.11 bits per heavy atom. The van der Waals surface area contributed by atoms with Gasteiger partial charge in [0.05, 0.1) is 12.5 Å². The van der Waals surface area contributed by atoms with Gasteiger partial charge in [0.15, 0.2) is 0 Å². The molecule has 8 heteroatoms. The lowest BCUT2D eigenvalue weighted by Crippen LogP contribution is -2.48. The molecule has 0 saturated heterocycles. The predicted molar refractivity (Wildman–Crippen MR) is 139 cm³/mol. The predicted octanol–water partition coefficient (Wildman–Crippen LogP) is 5.25. The summed E-state index contributed by atoms with van der Waals surface area (Å²) >= 11 is 0. The zero-order valence-electron chi connectivity index (χ0n) is 21.2. The summed E-state index contributed by atoms with van der Waals surface area (Å²) in [5.41, 5.74) is 1.49. The Bertz CT molecular complexity index is 1170. The molecule has 1 saturated carbocycles. The molecule has 1 unspecified atom stereocenters. The summed E-state index contributed by atoms with van der Waals surface area (Å²) < 4.78 is 14.1. The van der Waals surface area contributed by atoms with Gasteiger partial charge in [0.1, 0.15) is 17.2 Å². The minimum Gasteiger partial charge on any atom is -0.481 e. The van der Waals surface area contributed by atoms with Gasteiger partial charge in [0.2, 0.25) is 0 Å². The van der Waals surface area contributed by atoms with Crippen molar-refractivity contribution in [3.63, 3.8) is 0 Å². The van der Waals surface area contributed by atoms with Crippen molar-refractivity contribution in [1.29, 1.82) is 0 Å². The Hall–Kier alpha value is -3.55. The maximum Gasteiger partial charge on any atom is 0.305 e. The van der Waals surface area contributed by atoms with E-state index in [1.165, 1.54) is 12.1 Å². The summed E-state index contributed by atoms with van der Waals surface area (Å²) in [6, 6.07) is 13.0. The largest absolute Gasteiger partial charge is 0.481 e. The number of aliphatic carboxylic acids is 1. The lowest BCUT2D eigenvalue weighted by molar-refractivity contribution is -0.137. The van der Waals surface area contributed by atoms with E-state index in [1.54, 1.807) is 24.3 Å². The molecule has 2 amide bonds. The molecule has 1 heterocycles. The standard InChI is InChI=1S/C29H34FN3O4/c1-2-8-24(20-11-13-21(14-12-20)27(36)31-18-15-25(34)35)33-28(37)26(22-9-7-10-23(30)19-22)32-29(33)16-5-3-4-6-17-29/h7,9-14,19,24H,2-6,8,15-18H2,1H3,(H,31,36)(H,34,35). The van der Waals surface area contributed by atoms with Crippen molar-refractivity contribution in [3.05, 3.63) is 71.0 Å². The van der Waals surface area contributed by atoms with E-state index in [1.807, 2.05) is 17.0 Å². The third-order valence-electron chi connectivity index (χ3n) is 7.25. The van der Waals surface area contributed by atoms with Crippen molar-refractivity contribution >= 4 is 23.5 Å². The first-order chi connectivity index (χ1) is 17.8. The third kappa shape index (κ3) is 5.89. The van der Waals surface area contributed by atoms with Crippen LogP contribution < -0.4 is 5.32 Å². The molecule has 4 rings (SSSR count). The Balaban J connectivity index is 1.66. The molecule has 1 aliphatic heterocycles. The van der Waals surface area contributed by atoms with Crippen molar-refractivity contribution < 1.29 is 23.9 Å². The number of rotatable bonds is 9. The molecule has 0 aromatic heterocycles. The number of hydrogen-bond donors (Lipinski definition) is 2. The van der Waals surface area contributed by atoms with Gasteiger partial charge < -0.3 is 15.3 Å². The van der Waals surface area contributed by atoms with Gasteiger partial charge in [-0.05, 0) is 61.9 Å². The molecule has 2 aromatic carbocycles. The lowest BCUT2D eigenvalue weighted by Gasteiger charge is -2.41. The van der Waals surface area contributed by atoms with Crippen LogP contribution in [-0.2, 0) is 9.59 Å². The first-order valence-electron chi connectivity index (χ1n) is 13.1.